The smallest absolute Gasteiger partial charge is 0.332 e. The minimum absolute atomic E-state index is 0.0121. The molecule has 0 fully saturated rings. The average Bonchev–Trinajstić information content (AvgIpc) is 2.53. The topological polar surface area (TPSA) is 44.4 Å². The van der Waals surface area contributed by atoms with Crippen molar-refractivity contribution in [3.05, 3.63) is 54.1 Å². The number of carbonyl (C=O) groups is 1. The van der Waals surface area contributed by atoms with E-state index < -0.39 is 11.7 Å². The Bertz CT molecular complexity index is 807. The van der Waals surface area contributed by atoms with Crippen molar-refractivity contribution in [2.75, 3.05) is 22.1 Å². The summed E-state index contributed by atoms with van der Waals surface area (Å²) >= 11 is 5.28. The first-order chi connectivity index (χ1) is 11.3. The molecule has 1 aliphatic heterocycles. The van der Waals surface area contributed by atoms with E-state index >= 15 is 0 Å². The van der Waals surface area contributed by atoms with Gasteiger partial charge in [0.2, 0.25) is 5.91 Å². The van der Waals surface area contributed by atoms with Crippen LogP contribution in [0.2, 0.25) is 0 Å². The second-order valence-corrected chi connectivity index (χ2v) is 5.55. The number of amides is 1. The number of thiocarbonyl (C=S) groups is 1. The predicted octanol–water partition coefficient (Wildman–Crippen LogP) is 3.86. The first kappa shape index (κ1) is 16.3. The second kappa shape index (κ2) is 6.12. The van der Waals surface area contributed by atoms with E-state index in [4.69, 9.17) is 12.2 Å². The monoisotopic (exact) mass is 351 g/mol. The van der Waals surface area contributed by atoms with E-state index in [0.29, 0.717) is 11.4 Å². The molecule has 124 valence electrons. The van der Waals surface area contributed by atoms with Crippen LogP contribution in [0.25, 0.3) is 0 Å². The Morgan fingerprint density at radius 3 is 2.67 bits per heavy atom. The number of hydrogen-bond donors (Lipinski definition) is 2. The molecular formula is C16H12F3N3OS. The van der Waals surface area contributed by atoms with Gasteiger partial charge in [-0.15, -0.1) is 0 Å². The molecule has 0 spiro atoms. The molecule has 0 aromatic heterocycles. The Morgan fingerprint density at radius 2 is 1.92 bits per heavy atom. The Kier molecular flexibility index (Phi) is 4.15. The lowest BCUT2D eigenvalue weighted by atomic mass is 10.2. The third-order valence-corrected chi connectivity index (χ3v) is 3.78. The number of anilines is 3. The standard InChI is InChI=1S/C16H12F3N3OS/c17-16(18,19)10-4-3-5-11(8-10)20-15(24)22-9-14(23)21-12-6-1-2-7-13(12)22/h1-8H,9H2,(H,20,24)(H,21,23). The number of rotatable bonds is 1. The molecular weight excluding hydrogens is 339 g/mol. The quantitative estimate of drug-likeness (QED) is 0.766. The van der Waals surface area contributed by atoms with Gasteiger partial charge in [-0.1, -0.05) is 18.2 Å². The van der Waals surface area contributed by atoms with Crippen molar-refractivity contribution >= 4 is 40.3 Å². The Morgan fingerprint density at radius 1 is 1.17 bits per heavy atom. The van der Waals surface area contributed by atoms with Gasteiger partial charge in [-0.3, -0.25) is 4.79 Å². The summed E-state index contributed by atoms with van der Waals surface area (Å²) in [6, 6.07) is 11.8. The molecule has 2 aromatic rings. The molecule has 0 atom stereocenters. The summed E-state index contributed by atoms with van der Waals surface area (Å²) in [4.78, 5) is 13.3. The summed E-state index contributed by atoms with van der Waals surface area (Å²) in [6.45, 7) is -0.0121. The molecule has 0 saturated heterocycles. The molecule has 0 unspecified atom stereocenters. The summed E-state index contributed by atoms with van der Waals surface area (Å²) in [7, 11) is 0. The Balaban J connectivity index is 1.85. The van der Waals surface area contributed by atoms with Gasteiger partial charge < -0.3 is 15.5 Å². The van der Waals surface area contributed by atoms with Crippen molar-refractivity contribution < 1.29 is 18.0 Å². The third-order valence-electron chi connectivity index (χ3n) is 3.46. The van der Waals surface area contributed by atoms with Crippen LogP contribution < -0.4 is 15.5 Å². The average molecular weight is 351 g/mol. The van der Waals surface area contributed by atoms with Crippen LogP contribution in [0.5, 0.6) is 0 Å². The fraction of sp³-hybridized carbons (Fsp3) is 0.125. The number of carbonyl (C=O) groups excluding carboxylic acids is 1. The SMILES string of the molecule is O=C1CN(C(=S)Nc2cccc(C(F)(F)F)c2)c2ccccc2N1. The molecule has 0 aliphatic carbocycles. The van der Waals surface area contributed by atoms with Crippen molar-refractivity contribution in [3.63, 3.8) is 0 Å². The van der Waals surface area contributed by atoms with Gasteiger partial charge in [-0.2, -0.15) is 13.2 Å². The van der Waals surface area contributed by atoms with E-state index in [-0.39, 0.29) is 23.3 Å². The molecule has 0 saturated carbocycles. The molecule has 2 aromatic carbocycles. The summed E-state index contributed by atoms with van der Waals surface area (Å²) in [5, 5.41) is 5.63. The van der Waals surface area contributed by atoms with Gasteiger partial charge in [0, 0.05) is 5.69 Å². The molecule has 1 aliphatic rings. The number of hydrogen-bond acceptors (Lipinski definition) is 2. The molecule has 0 bridgehead atoms. The third kappa shape index (κ3) is 3.33. The number of halogens is 3. The Hall–Kier alpha value is -2.61. The van der Waals surface area contributed by atoms with Crippen molar-refractivity contribution in [1.29, 1.82) is 0 Å². The van der Waals surface area contributed by atoms with Gasteiger partial charge in [-0.25, -0.2) is 0 Å². The molecule has 1 heterocycles. The zero-order valence-electron chi connectivity index (χ0n) is 12.2. The van der Waals surface area contributed by atoms with Crippen molar-refractivity contribution in [2.45, 2.75) is 6.18 Å². The van der Waals surface area contributed by atoms with Crippen molar-refractivity contribution in [1.82, 2.24) is 0 Å². The maximum atomic E-state index is 12.8. The first-order valence-electron chi connectivity index (χ1n) is 6.99. The fourth-order valence-electron chi connectivity index (χ4n) is 2.38. The minimum Gasteiger partial charge on any atom is -0.332 e. The molecule has 24 heavy (non-hydrogen) atoms. The van der Waals surface area contributed by atoms with Crippen LogP contribution in [0, 0.1) is 0 Å². The minimum atomic E-state index is -4.43. The van der Waals surface area contributed by atoms with Gasteiger partial charge >= 0.3 is 6.18 Å². The number of nitrogens with zero attached hydrogens (tertiary/aromatic N) is 1. The summed E-state index contributed by atoms with van der Waals surface area (Å²) in [5.74, 6) is -0.248. The van der Waals surface area contributed by atoms with Crippen molar-refractivity contribution in [3.8, 4) is 0 Å². The normalized spacial score (nSPS) is 14.0. The maximum absolute atomic E-state index is 12.8. The highest BCUT2D eigenvalue weighted by molar-refractivity contribution is 7.80. The van der Waals surface area contributed by atoms with E-state index in [2.05, 4.69) is 10.6 Å². The largest absolute Gasteiger partial charge is 0.416 e. The molecule has 8 heteroatoms. The van der Waals surface area contributed by atoms with Gasteiger partial charge in [0.05, 0.1) is 16.9 Å². The van der Waals surface area contributed by atoms with Crippen LogP contribution in [0.1, 0.15) is 5.56 Å². The van der Waals surface area contributed by atoms with E-state index in [9.17, 15) is 18.0 Å². The first-order valence-corrected chi connectivity index (χ1v) is 7.40. The highest BCUT2D eigenvalue weighted by atomic mass is 32.1. The second-order valence-electron chi connectivity index (χ2n) is 5.16. The van der Waals surface area contributed by atoms with Gasteiger partial charge in [0.25, 0.3) is 0 Å². The van der Waals surface area contributed by atoms with Crippen LogP contribution in [-0.2, 0) is 11.0 Å². The van der Waals surface area contributed by atoms with Crippen LogP contribution in [-0.4, -0.2) is 17.6 Å². The van der Waals surface area contributed by atoms with Crippen LogP contribution >= 0.6 is 12.2 Å². The lowest BCUT2D eigenvalue weighted by molar-refractivity contribution is -0.137. The van der Waals surface area contributed by atoms with Crippen LogP contribution in [0.4, 0.5) is 30.2 Å². The highest BCUT2D eigenvalue weighted by Gasteiger charge is 2.31. The van der Waals surface area contributed by atoms with E-state index in [1.807, 2.05) is 0 Å². The predicted molar refractivity (Wildman–Crippen MR) is 90.1 cm³/mol. The van der Waals surface area contributed by atoms with Gasteiger partial charge in [-0.05, 0) is 42.5 Å². The van der Waals surface area contributed by atoms with Crippen molar-refractivity contribution in [2.24, 2.45) is 0 Å². The number of alkyl halides is 3. The van der Waals surface area contributed by atoms with Gasteiger partial charge in [0.15, 0.2) is 5.11 Å². The van der Waals surface area contributed by atoms with E-state index in [1.54, 1.807) is 29.2 Å². The summed E-state index contributed by atoms with van der Waals surface area (Å²) in [5.41, 5.74) is 0.717. The number of nitrogens with one attached hydrogen (secondary N) is 2. The number of benzene rings is 2. The maximum Gasteiger partial charge on any atom is 0.416 e. The van der Waals surface area contributed by atoms with Crippen LogP contribution in [0.15, 0.2) is 48.5 Å². The van der Waals surface area contributed by atoms with Crippen LogP contribution in [0.3, 0.4) is 0 Å². The highest BCUT2D eigenvalue weighted by Crippen LogP contribution is 2.32. The van der Waals surface area contributed by atoms with E-state index in [0.717, 1.165) is 12.1 Å². The van der Waals surface area contributed by atoms with E-state index in [1.165, 1.54) is 12.1 Å². The molecule has 3 rings (SSSR count). The number of fused-ring (bicyclic) bond motifs is 1. The summed E-state index contributed by atoms with van der Waals surface area (Å²) < 4.78 is 38.4. The molecule has 0 radical (unpaired) electrons. The van der Waals surface area contributed by atoms with Gasteiger partial charge in [0.1, 0.15) is 6.54 Å². The lowest BCUT2D eigenvalue weighted by Crippen LogP contribution is -2.44. The molecule has 2 N–H and O–H groups in total. The lowest BCUT2D eigenvalue weighted by Gasteiger charge is -2.31. The zero-order valence-corrected chi connectivity index (χ0v) is 13.0. The number of para-hydroxylation sites is 2. The summed E-state index contributed by atoms with van der Waals surface area (Å²) in [6.07, 6.45) is -4.43. The molecule has 4 nitrogen and oxygen atoms in total. The Labute approximate surface area is 141 Å². The zero-order chi connectivity index (χ0) is 17.3. The molecule has 1 amide bonds. The fourth-order valence-corrected chi connectivity index (χ4v) is 2.66.